The fourth-order valence-corrected chi connectivity index (χ4v) is 2.24. The number of rotatable bonds is 4. The molecule has 0 unspecified atom stereocenters. The number of para-hydroxylation sites is 2. The maximum absolute atomic E-state index is 12.0. The van der Waals surface area contributed by atoms with Crippen LogP contribution in [0.2, 0.25) is 0 Å². The van der Waals surface area contributed by atoms with E-state index in [1.54, 1.807) is 24.3 Å². The Balaban J connectivity index is 2.19. The Morgan fingerprint density at radius 2 is 1.65 bits per heavy atom. The van der Waals surface area contributed by atoms with Crippen molar-refractivity contribution in [1.82, 2.24) is 0 Å². The third-order valence-electron chi connectivity index (χ3n) is 3.03. The van der Waals surface area contributed by atoms with Crippen molar-refractivity contribution in [3.8, 4) is 5.75 Å². The van der Waals surface area contributed by atoms with E-state index in [4.69, 9.17) is 5.73 Å². The molecule has 0 heterocycles. The first-order valence-corrected chi connectivity index (χ1v) is 7.33. The quantitative estimate of drug-likeness (QED) is 0.486. The SMILES string of the molecule is C=C(C(N)=O)c1cccc(NC(=O)Nc2ccccc2Br)c1O. The first-order chi connectivity index (χ1) is 10.9. The number of phenolic OH excluding ortho intramolecular Hbond substituents is 1. The van der Waals surface area contributed by atoms with Crippen molar-refractivity contribution in [1.29, 1.82) is 0 Å². The van der Waals surface area contributed by atoms with Crippen LogP contribution in [-0.2, 0) is 4.79 Å². The maximum Gasteiger partial charge on any atom is 0.323 e. The molecule has 0 atom stereocenters. The molecule has 0 aliphatic rings. The highest BCUT2D eigenvalue weighted by Crippen LogP contribution is 2.32. The maximum atomic E-state index is 12.0. The van der Waals surface area contributed by atoms with Gasteiger partial charge >= 0.3 is 6.03 Å². The molecule has 0 spiro atoms. The lowest BCUT2D eigenvalue weighted by Crippen LogP contribution is -2.20. The number of urea groups is 1. The standard InChI is InChI=1S/C16H14BrN3O3/c1-9(15(18)22)10-5-4-8-13(14(10)21)20-16(23)19-12-7-3-2-6-11(12)17/h2-8,21H,1H2,(H2,18,22)(H2,19,20,23). The first-order valence-electron chi connectivity index (χ1n) is 6.53. The molecule has 3 amide bonds. The van der Waals surface area contributed by atoms with E-state index in [0.29, 0.717) is 5.69 Å². The number of hydrogen-bond acceptors (Lipinski definition) is 3. The summed E-state index contributed by atoms with van der Waals surface area (Å²) in [5.74, 6) is -1.03. The van der Waals surface area contributed by atoms with E-state index in [-0.39, 0.29) is 22.6 Å². The molecule has 2 rings (SSSR count). The predicted octanol–water partition coefficient (Wildman–Crippen LogP) is 3.30. The number of benzene rings is 2. The van der Waals surface area contributed by atoms with Gasteiger partial charge in [0.25, 0.3) is 0 Å². The Kier molecular flexibility index (Phi) is 5.02. The number of carbonyl (C=O) groups is 2. The summed E-state index contributed by atoms with van der Waals surface area (Å²) in [6.45, 7) is 3.52. The minimum Gasteiger partial charge on any atom is -0.505 e. The second-order valence-corrected chi connectivity index (χ2v) is 5.46. The number of anilines is 2. The van der Waals surface area contributed by atoms with Crippen molar-refractivity contribution in [2.24, 2.45) is 5.73 Å². The monoisotopic (exact) mass is 375 g/mol. The second kappa shape index (κ2) is 6.97. The van der Waals surface area contributed by atoms with E-state index < -0.39 is 11.9 Å². The van der Waals surface area contributed by atoms with Gasteiger partial charge in [0.15, 0.2) is 0 Å². The van der Waals surface area contributed by atoms with Gasteiger partial charge in [-0.25, -0.2) is 4.79 Å². The van der Waals surface area contributed by atoms with Crippen LogP contribution in [0.4, 0.5) is 16.2 Å². The number of nitrogens with two attached hydrogens (primary N) is 1. The van der Waals surface area contributed by atoms with Crippen LogP contribution in [0, 0.1) is 0 Å². The highest BCUT2D eigenvalue weighted by atomic mass is 79.9. The molecule has 0 aliphatic heterocycles. The van der Waals surface area contributed by atoms with Crippen molar-refractivity contribution in [2.75, 3.05) is 10.6 Å². The molecule has 5 N–H and O–H groups in total. The number of nitrogens with one attached hydrogen (secondary N) is 2. The number of hydrogen-bond donors (Lipinski definition) is 4. The molecule has 2 aromatic carbocycles. The fourth-order valence-electron chi connectivity index (χ4n) is 1.86. The highest BCUT2D eigenvalue weighted by molar-refractivity contribution is 9.10. The normalized spacial score (nSPS) is 9.96. The summed E-state index contributed by atoms with van der Waals surface area (Å²) in [4.78, 5) is 23.2. The highest BCUT2D eigenvalue weighted by Gasteiger charge is 2.15. The van der Waals surface area contributed by atoms with Gasteiger partial charge in [-0.2, -0.15) is 0 Å². The van der Waals surface area contributed by atoms with Gasteiger partial charge in [-0.3, -0.25) is 4.79 Å². The summed E-state index contributed by atoms with van der Waals surface area (Å²) < 4.78 is 0.718. The third kappa shape index (κ3) is 3.89. The molecular weight excluding hydrogens is 362 g/mol. The van der Waals surface area contributed by atoms with Crippen LogP contribution in [0.1, 0.15) is 5.56 Å². The number of amides is 3. The molecule has 0 aliphatic carbocycles. The zero-order chi connectivity index (χ0) is 17.0. The van der Waals surface area contributed by atoms with E-state index in [1.165, 1.54) is 12.1 Å². The molecule has 0 fully saturated rings. The van der Waals surface area contributed by atoms with E-state index in [2.05, 4.69) is 33.1 Å². The Bertz CT molecular complexity index is 790. The van der Waals surface area contributed by atoms with Crippen molar-refractivity contribution >= 4 is 44.8 Å². The van der Waals surface area contributed by atoms with Crippen LogP contribution in [-0.4, -0.2) is 17.0 Å². The number of aromatic hydroxyl groups is 1. The van der Waals surface area contributed by atoms with Gasteiger partial charge in [-0.15, -0.1) is 0 Å². The topological polar surface area (TPSA) is 104 Å². The minimum atomic E-state index is -0.755. The van der Waals surface area contributed by atoms with Gasteiger partial charge in [0, 0.05) is 15.6 Å². The summed E-state index contributed by atoms with van der Waals surface area (Å²) in [6, 6.07) is 11.1. The molecule has 6 nitrogen and oxygen atoms in total. The van der Waals surface area contributed by atoms with Crippen LogP contribution >= 0.6 is 15.9 Å². The molecular formula is C16H14BrN3O3. The average Bonchev–Trinajstić information content (AvgIpc) is 2.51. The number of carbonyl (C=O) groups excluding carboxylic acids is 2. The van der Waals surface area contributed by atoms with Crippen molar-refractivity contribution in [2.45, 2.75) is 0 Å². The van der Waals surface area contributed by atoms with Gasteiger partial charge < -0.3 is 21.5 Å². The van der Waals surface area contributed by atoms with E-state index in [9.17, 15) is 14.7 Å². The molecule has 0 bridgehead atoms. The largest absolute Gasteiger partial charge is 0.505 e. The van der Waals surface area contributed by atoms with E-state index >= 15 is 0 Å². The Hall–Kier alpha value is -2.80. The zero-order valence-electron chi connectivity index (χ0n) is 12.0. The number of phenols is 1. The van der Waals surface area contributed by atoms with E-state index in [0.717, 1.165) is 4.47 Å². The molecule has 2 aromatic rings. The van der Waals surface area contributed by atoms with E-state index in [1.807, 2.05) is 6.07 Å². The van der Waals surface area contributed by atoms with Crippen molar-refractivity contribution in [3.63, 3.8) is 0 Å². The Morgan fingerprint density at radius 3 is 2.30 bits per heavy atom. The van der Waals surface area contributed by atoms with Gasteiger partial charge in [0.05, 0.1) is 11.4 Å². The van der Waals surface area contributed by atoms with Crippen LogP contribution in [0.3, 0.4) is 0 Å². The molecule has 0 radical (unpaired) electrons. The first kappa shape index (κ1) is 16.6. The van der Waals surface area contributed by atoms with Crippen LogP contribution in [0.5, 0.6) is 5.75 Å². The van der Waals surface area contributed by atoms with Crippen molar-refractivity contribution < 1.29 is 14.7 Å². The molecule has 0 aromatic heterocycles. The summed E-state index contributed by atoms with van der Waals surface area (Å²) in [7, 11) is 0. The molecule has 23 heavy (non-hydrogen) atoms. The number of halogens is 1. The lowest BCUT2D eigenvalue weighted by molar-refractivity contribution is -0.112. The summed E-state index contributed by atoms with van der Waals surface area (Å²) in [5.41, 5.74) is 5.98. The minimum absolute atomic E-state index is 0.0441. The fraction of sp³-hybridized carbons (Fsp3) is 0. The van der Waals surface area contributed by atoms with Crippen molar-refractivity contribution in [3.05, 3.63) is 59.1 Å². The molecule has 7 heteroatoms. The second-order valence-electron chi connectivity index (χ2n) is 4.60. The van der Waals surface area contributed by atoms with Gasteiger partial charge in [-0.05, 0) is 34.1 Å². The zero-order valence-corrected chi connectivity index (χ0v) is 13.6. The third-order valence-corrected chi connectivity index (χ3v) is 3.72. The predicted molar refractivity (Wildman–Crippen MR) is 93.1 cm³/mol. The lowest BCUT2D eigenvalue weighted by Gasteiger charge is -2.12. The summed E-state index contributed by atoms with van der Waals surface area (Å²) in [6.07, 6.45) is 0. The van der Waals surface area contributed by atoms with Crippen LogP contribution in [0.25, 0.3) is 5.57 Å². The molecule has 118 valence electrons. The molecule has 0 saturated heterocycles. The van der Waals surface area contributed by atoms with Gasteiger partial charge in [0.1, 0.15) is 5.75 Å². The average molecular weight is 376 g/mol. The number of primary amides is 1. The van der Waals surface area contributed by atoms with Crippen LogP contribution < -0.4 is 16.4 Å². The van der Waals surface area contributed by atoms with Gasteiger partial charge in [-0.1, -0.05) is 30.8 Å². The smallest absolute Gasteiger partial charge is 0.323 e. The Labute approximate surface area is 141 Å². The Morgan fingerprint density at radius 1 is 1.04 bits per heavy atom. The summed E-state index contributed by atoms with van der Waals surface area (Å²) >= 11 is 3.32. The lowest BCUT2D eigenvalue weighted by atomic mass is 10.0. The molecule has 0 saturated carbocycles. The van der Waals surface area contributed by atoms with Gasteiger partial charge in [0.2, 0.25) is 5.91 Å². The van der Waals surface area contributed by atoms with Crippen LogP contribution in [0.15, 0.2) is 53.5 Å². The summed E-state index contributed by atoms with van der Waals surface area (Å²) in [5, 5.41) is 15.3.